The first-order valence-corrected chi connectivity index (χ1v) is 10.3. The van der Waals surface area contributed by atoms with Gasteiger partial charge in [-0.15, -0.1) is 0 Å². The Kier molecular flexibility index (Phi) is 8.60. The third-order valence-corrected chi connectivity index (χ3v) is 5.29. The first-order chi connectivity index (χ1) is 14.4. The molecular weight excluding hydrogens is 370 g/mol. The Bertz CT molecular complexity index is 908. The number of aliphatic imine (C=N–C) groups is 2. The van der Waals surface area contributed by atoms with E-state index in [0.29, 0.717) is 5.76 Å². The minimum absolute atomic E-state index is 0.552. The summed E-state index contributed by atoms with van der Waals surface area (Å²) in [6.07, 6.45) is 6.12. The van der Waals surface area contributed by atoms with Crippen molar-refractivity contribution in [1.29, 1.82) is 0 Å². The van der Waals surface area contributed by atoms with Gasteiger partial charge in [0, 0.05) is 35.6 Å². The van der Waals surface area contributed by atoms with E-state index in [9.17, 15) is 0 Å². The maximum atomic E-state index is 5.28. The highest BCUT2D eigenvalue weighted by atomic mass is 16.5. The number of piperidine rings is 1. The zero-order chi connectivity index (χ0) is 22.1. The quantitative estimate of drug-likeness (QED) is 0.278. The van der Waals surface area contributed by atoms with Gasteiger partial charge < -0.3 is 9.64 Å². The van der Waals surface area contributed by atoms with E-state index in [1.54, 1.807) is 0 Å². The van der Waals surface area contributed by atoms with Crippen molar-refractivity contribution in [2.45, 2.75) is 40.0 Å². The molecule has 1 heterocycles. The molecule has 1 aromatic rings. The molecule has 158 valence electrons. The summed E-state index contributed by atoms with van der Waals surface area (Å²) < 4.78 is 5.28. The highest BCUT2D eigenvalue weighted by molar-refractivity contribution is 5.95. The van der Waals surface area contributed by atoms with Crippen LogP contribution < -0.4 is 0 Å². The summed E-state index contributed by atoms with van der Waals surface area (Å²) in [7, 11) is 0. The summed E-state index contributed by atoms with van der Waals surface area (Å²) in [6, 6.07) is 7.87. The van der Waals surface area contributed by atoms with Crippen molar-refractivity contribution >= 4 is 23.0 Å². The lowest BCUT2D eigenvalue weighted by Crippen LogP contribution is -2.35. The summed E-state index contributed by atoms with van der Waals surface area (Å²) in [5.41, 5.74) is 6.14. The summed E-state index contributed by atoms with van der Waals surface area (Å²) in [6.45, 7) is 23.6. The van der Waals surface area contributed by atoms with E-state index < -0.39 is 0 Å². The van der Waals surface area contributed by atoms with Crippen LogP contribution in [0.15, 0.2) is 84.2 Å². The molecule has 0 unspecified atom stereocenters. The molecule has 0 saturated carbocycles. The number of allylic oxidation sites excluding steroid dienone is 2. The van der Waals surface area contributed by atoms with Crippen LogP contribution >= 0.6 is 0 Å². The standard InChI is InChI=1S/C26H33N3O/c1-8-26(9-2)28-19(4)23-14-16-29(17-15-23)22(7)27-20(5)24-12-11-13-25(18-24)21(6)30-10-3/h8,10-13,18H,1,3,5-6,9,14-17H2,2,4,7H3. The lowest BCUT2D eigenvalue weighted by Gasteiger charge is -2.30. The number of likely N-dealkylation sites (tertiary alicyclic amines) is 1. The second-order valence-corrected chi connectivity index (χ2v) is 7.23. The number of rotatable bonds is 8. The fourth-order valence-electron chi connectivity index (χ4n) is 3.40. The van der Waals surface area contributed by atoms with E-state index in [1.807, 2.05) is 37.3 Å². The van der Waals surface area contributed by atoms with Crippen LogP contribution in [0.2, 0.25) is 0 Å². The Morgan fingerprint density at radius 1 is 1.10 bits per heavy atom. The molecule has 4 heteroatoms. The van der Waals surface area contributed by atoms with Crippen molar-refractivity contribution in [3.05, 3.63) is 85.3 Å². The fourth-order valence-corrected chi connectivity index (χ4v) is 3.40. The summed E-state index contributed by atoms with van der Waals surface area (Å²) in [5, 5.41) is 0. The minimum Gasteiger partial charge on any atom is -0.466 e. The molecule has 0 N–H and O–H groups in total. The molecule has 1 aromatic carbocycles. The predicted molar refractivity (Wildman–Crippen MR) is 130 cm³/mol. The number of benzene rings is 1. The Hall–Kier alpha value is -3.14. The highest BCUT2D eigenvalue weighted by Crippen LogP contribution is 2.24. The third-order valence-electron chi connectivity index (χ3n) is 5.29. The van der Waals surface area contributed by atoms with Crippen molar-refractivity contribution in [3.8, 4) is 0 Å². The van der Waals surface area contributed by atoms with Crippen molar-refractivity contribution in [1.82, 2.24) is 4.90 Å². The number of hydrogen-bond acceptors (Lipinski definition) is 3. The molecule has 0 bridgehead atoms. The highest BCUT2D eigenvalue weighted by Gasteiger charge is 2.17. The van der Waals surface area contributed by atoms with E-state index in [2.05, 4.69) is 45.1 Å². The molecule has 2 rings (SSSR count). The average molecular weight is 404 g/mol. The van der Waals surface area contributed by atoms with Crippen LogP contribution in [0.5, 0.6) is 0 Å². The Morgan fingerprint density at radius 3 is 2.37 bits per heavy atom. The van der Waals surface area contributed by atoms with Gasteiger partial charge in [-0.1, -0.05) is 51.4 Å². The topological polar surface area (TPSA) is 37.2 Å². The van der Waals surface area contributed by atoms with E-state index in [0.717, 1.165) is 66.4 Å². The molecule has 0 atom stereocenters. The predicted octanol–water partition coefficient (Wildman–Crippen LogP) is 6.61. The molecule has 0 radical (unpaired) electrons. The fraction of sp³-hybridized carbons (Fsp3) is 0.308. The van der Waals surface area contributed by atoms with Gasteiger partial charge >= 0.3 is 0 Å². The van der Waals surface area contributed by atoms with Crippen LogP contribution in [0.1, 0.15) is 51.2 Å². The van der Waals surface area contributed by atoms with Crippen molar-refractivity contribution in [2.75, 3.05) is 13.1 Å². The zero-order valence-electron chi connectivity index (χ0n) is 18.6. The Balaban J connectivity index is 2.07. The van der Waals surface area contributed by atoms with Gasteiger partial charge in [0.25, 0.3) is 0 Å². The molecule has 1 fully saturated rings. The summed E-state index contributed by atoms with van der Waals surface area (Å²) in [5.74, 6) is 1.53. The van der Waals surface area contributed by atoms with Gasteiger partial charge in [0.1, 0.15) is 11.6 Å². The van der Waals surface area contributed by atoms with E-state index in [-0.39, 0.29) is 0 Å². The van der Waals surface area contributed by atoms with Crippen LogP contribution in [0.3, 0.4) is 0 Å². The van der Waals surface area contributed by atoms with Gasteiger partial charge in [0.05, 0.1) is 12.0 Å². The molecular formula is C26H33N3O. The second kappa shape index (κ2) is 11.1. The van der Waals surface area contributed by atoms with Gasteiger partial charge in [-0.25, -0.2) is 4.99 Å². The number of nitrogens with zero attached hydrogens (tertiary/aromatic N) is 3. The molecule has 4 nitrogen and oxygen atoms in total. The monoisotopic (exact) mass is 403 g/mol. The van der Waals surface area contributed by atoms with Gasteiger partial charge in [-0.05, 0) is 50.8 Å². The summed E-state index contributed by atoms with van der Waals surface area (Å²) >= 11 is 0. The van der Waals surface area contributed by atoms with Gasteiger partial charge in [-0.3, -0.25) is 4.99 Å². The van der Waals surface area contributed by atoms with E-state index in [4.69, 9.17) is 14.7 Å². The minimum atomic E-state index is 0.552. The Labute approximate surface area is 181 Å². The van der Waals surface area contributed by atoms with Crippen molar-refractivity contribution in [2.24, 2.45) is 9.98 Å². The average Bonchev–Trinajstić information content (AvgIpc) is 2.77. The maximum absolute atomic E-state index is 5.28. The molecule has 0 aliphatic carbocycles. The number of amidine groups is 1. The zero-order valence-corrected chi connectivity index (χ0v) is 18.6. The molecule has 1 saturated heterocycles. The van der Waals surface area contributed by atoms with Gasteiger partial charge in [-0.2, -0.15) is 0 Å². The van der Waals surface area contributed by atoms with Crippen LogP contribution in [-0.4, -0.2) is 29.5 Å². The number of ether oxygens (including phenoxy) is 1. The van der Waals surface area contributed by atoms with Gasteiger partial charge in [0.2, 0.25) is 0 Å². The SMILES string of the molecule is C=COC(=C)c1cccc(C(=C)N=C(C)N2CCC(=C(C)N=C(C=C)CC)CC2)c1. The van der Waals surface area contributed by atoms with E-state index >= 15 is 0 Å². The molecule has 0 amide bonds. The van der Waals surface area contributed by atoms with Crippen LogP contribution in [0.4, 0.5) is 0 Å². The van der Waals surface area contributed by atoms with Crippen molar-refractivity contribution in [3.63, 3.8) is 0 Å². The molecule has 0 aromatic heterocycles. The normalized spacial score (nSPS) is 14.9. The Morgan fingerprint density at radius 2 is 1.77 bits per heavy atom. The molecule has 1 aliphatic rings. The molecule has 30 heavy (non-hydrogen) atoms. The lowest BCUT2D eigenvalue weighted by molar-refractivity contribution is 0.384. The van der Waals surface area contributed by atoms with Gasteiger partial charge in [0.15, 0.2) is 0 Å². The van der Waals surface area contributed by atoms with Crippen LogP contribution in [-0.2, 0) is 4.74 Å². The molecule has 1 aliphatic heterocycles. The third kappa shape index (κ3) is 6.18. The van der Waals surface area contributed by atoms with E-state index in [1.165, 1.54) is 11.8 Å². The van der Waals surface area contributed by atoms with Crippen molar-refractivity contribution < 1.29 is 4.74 Å². The molecule has 0 spiro atoms. The maximum Gasteiger partial charge on any atom is 0.126 e. The van der Waals surface area contributed by atoms with Crippen LogP contribution in [0.25, 0.3) is 11.5 Å². The summed E-state index contributed by atoms with van der Waals surface area (Å²) in [4.78, 5) is 11.8. The second-order valence-electron chi connectivity index (χ2n) is 7.23. The lowest BCUT2D eigenvalue weighted by atomic mass is 10.0. The first-order valence-electron chi connectivity index (χ1n) is 10.3. The number of hydrogen-bond donors (Lipinski definition) is 0. The largest absolute Gasteiger partial charge is 0.466 e. The first kappa shape index (κ1) is 23.1. The smallest absolute Gasteiger partial charge is 0.126 e. The van der Waals surface area contributed by atoms with Crippen LogP contribution in [0, 0.1) is 0 Å².